The molecule has 0 heterocycles. The summed E-state index contributed by atoms with van der Waals surface area (Å²) in [4.78, 5) is 25.6. The lowest BCUT2D eigenvalue weighted by molar-refractivity contribution is -0.137. The van der Waals surface area contributed by atoms with E-state index in [0.29, 0.717) is 30.5 Å². The van der Waals surface area contributed by atoms with Crippen LogP contribution in [0.15, 0.2) is 47.1 Å². The highest BCUT2D eigenvalue weighted by Crippen LogP contribution is 2.70. The zero-order valence-electron chi connectivity index (χ0n) is 20.9. The Morgan fingerprint density at radius 2 is 1.91 bits per heavy atom. The molecule has 4 aliphatic rings. The monoisotopic (exact) mass is 462 g/mol. The summed E-state index contributed by atoms with van der Waals surface area (Å²) in [6.07, 6.45) is 9.84. The van der Waals surface area contributed by atoms with Crippen molar-refractivity contribution in [1.82, 2.24) is 0 Å². The molecular weight excluding hydrogens is 424 g/mol. The number of fused-ring (bicyclic) bond motifs is 4. The van der Waals surface area contributed by atoms with Crippen molar-refractivity contribution in [3.05, 3.63) is 52.6 Å². The highest BCUT2D eigenvalue weighted by atomic mass is 16.5. The Balaban J connectivity index is 1.67. The van der Waals surface area contributed by atoms with Crippen molar-refractivity contribution in [3.8, 4) is 5.75 Å². The second-order valence-electron chi connectivity index (χ2n) is 11.3. The van der Waals surface area contributed by atoms with E-state index >= 15 is 0 Å². The number of ether oxygens (including phenoxy) is 1. The van der Waals surface area contributed by atoms with Gasteiger partial charge in [-0.3, -0.25) is 9.59 Å². The number of aliphatic hydroxyl groups is 1. The van der Waals surface area contributed by atoms with Crippen LogP contribution in [0.3, 0.4) is 0 Å². The number of Topliss-reactive ketones (excluding diaryl/α,β-unsaturated/α-hetero) is 1. The van der Waals surface area contributed by atoms with Crippen LogP contribution in [0.4, 0.5) is 0 Å². The minimum atomic E-state index is -0.361. The van der Waals surface area contributed by atoms with Gasteiger partial charge in [0.1, 0.15) is 11.5 Å². The van der Waals surface area contributed by atoms with Crippen molar-refractivity contribution < 1.29 is 19.4 Å². The molecule has 4 heteroatoms. The Hall–Kier alpha value is -2.20. The smallest absolute Gasteiger partial charge is 0.156 e. The topological polar surface area (TPSA) is 63.6 Å². The van der Waals surface area contributed by atoms with Crippen LogP contribution < -0.4 is 4.74 Å². The SMILES string of the molecule is COc1ccc([C@H]2C[C@@]3(C)C(CC[C@]3(CCCO)C(C)=O)C3CCC4=CC(=O)CCC4=C32)cc1. The van der Waals surface area contributed by atoms with Crippen molar-refractivity contribution in [2.75, 3.05) is 13.7 Å². The molecule has 0 amide bonds. The molecule has 5 atom stereocenters. The van der Waals surface area contributed by atoms with Gasteiger partial charge < -0.3 is 9.84 Å². The summed E-state index contributed by atoms with van der Waals surface area (Å²) in [6, 6.07) is 8.49. The Bertz CT molecular complexity index is 1050. The fourth-order valence-corrected chi connectivity index (χ4v) is 8.46. The van der Waals surface area contributed by atoms with E-state index in [1.54, 1.807) is 19.6 Å². The summed E-state index contributed by atoms with van der Waals surface area (Å²) in [5.74, 6) is 2.60. The molecule has 2 saturated carbocycles. The molecule has 0 spiro atoms. The number of carbonyl (C=O) groups is 2. The summed E-state index contributed by atoms with van der Waals surface area (Å²) in [5.41, 5.74) is 5.09. The maximum atomic E-state index is 13.3. The first kappa shape index (κ1) is 23.5. The molecule has 0 saturated heterocycles. The van der Waals surface area contributed by atoms with Crippen LogP contribution >= 0.6 is 0 Å². The zero-order valence-corrected chi connectivity index (χ0v) is 20.9. The standard InChI is InChI=1S/C30H38O4/c1-19(32)30(14-4-16-31)15-13-27-25-11-7-21-17-22(33)8-12-24(21)28(25)26(18-29(27,30)2)20-5-9-23(34-3)10-6-20/h5-6,9-10,17,25-27,31H,4,7-8,11-16,18H2,1-3H3/t25?,26-,27?,29+,30-/m1/s1. The number of hydrogen-bond donors (Lipinski definition) is 1. The van der Waals surface area contributed by atoms with Gasteiger partial charge in [0.2, 0.25) is 0 Å². The molecule has 4 nitrogen and oxygen atoms in total. The molecule has 1 N–H and O–H groups in total. The van der Waals surface area contributed by atoms with Gasteiger partial charge in [0, 0.05) is 24.4 Å². The molecule has 1 aromatic carbocycles. The van der Waals surface area contributed by atoms with Gasteiger partial charge in [-0.25, -0.2) is 0 Å². The van der Waals surface area contributed by atoms with Crippen molar-refractivity contribution in [2.45, 2.75) is 77.6 Å². The van der Waals surface area contributed by atoms with Gasteiger partial charge in [-0.05, 0) is 110 Å². The Kier molecular flexibility index (Phi) is 6.08. The quantitative estimate of drug-likeness (QED) is 0.568. The predicted octanol–water partition coefficient (Wildman–Crippen LogP) is 5.94. The maximum Gasteiger partial charge on any atom is 0.156 e. The lowest BCUT2D eigenvalue weighted by Gasteiger charge is -2.56. The van der Waals surface area contributed by atoms with Crippen LogP contribution in [0.25, 0.3) is 0 Å². The average Bonchev–Trinajstić information content (AvgIpc) is 3.14. The number of carbonyl (C=O) groups excluding carboxylic acids is 2. The number of ketones is 2. The van der Waals surface area contributed by atoms with Gasteiger partial charge in [-0.1, -0.05) is 24.6 Å². The summed E-state index contributed by atoms with van der Waals surface area (Å²) in [6.45, 7) is 4.31. The fourth-order valence-electron chi connectivity index (χ4n) is 8.46. The van der Waals surface area contributed by atoms with Crippen molar-refractivity contribution >= 4 is 11.6 Å². The molecular formula is C30H38O4. The predicted molar refractivity (Wildman–Crippen MR) is 133 cm³/mol. The fraction of sp³-hybridized carbons (Fsp3) is 0.600. The summed E-state index contributed by atoms with van der Waals surface area (Å²) in [5, 5.41) is 9.66. The third-order valence-electron chi connectivity index (χ3n) is 10.1. The van der Waals surface area contributed by atoms with Crippen molar-refractivity contribution in [2.24, 2.45) is 22.7 Å². The first-order valence-electron chi connectivity index (χ1n) is 13.1. The second kappa shape index (κ2) is 8.78. The molecule has 0 bridgehead atoms. The first-order chi connectivity index (χ1) is 16.3. The lowest BCUT2D eigenvalue weighted by Crippen LogP contribution is -2.50. The Morgan fingerprint density at radius 1 is 1.15 bits per heavy atom. The van der Waals surface area contributed by atoms with E-state index in [0.717, 1.165) is 50.7 Å². The molecule has 0 aliphatic heterocycles. The van der Waals surface area contributed by atoms with Crippen molar-refractivity contribution in [1.29, 1.82) is 0 Å². The van der Waals surface area contributed by atoms with Crippen LogP contribution in [0, 0.1) is 22.7 Å². The van der Waals surface area contributed by atoms with Gasteiger partial charge >= 0.3 is 0 Å². The molecule has 34 heavy (non-hydrogen) atoms. The summed E-state index contributed by atoms with van der Waals surface area (Å²) in [7, 11) is 1.69. The molecule has 2 fully saturated rings. The van der Waals surface area contributed by atoms with E-state index in [1.807, 2.05) is 18.2 Å². The van der Waals surface area contributed by atoms with Crippen LogP contribution in [0.2, 0.25) is 0 Å². The number of allylic oxidation sites excluding steroid dienone is 4. The van der Waals surface area contributed by atoms with E-state index in [-0.39, 0.29) is 29.1 Å². The Morgan fingerprint density at radius 3 is 2.59 bits per heavy atom. The van der Waals surface area contributed by atoms with Gasteiger partial charge in [0.15, 0.2) is 5.78 Å². The molecule has 5 rings (SSSR count). The normalized spacial score (nSPS) is 34.8. The van der Waals surface area contributed by atoms with Gasteiger partial charge in [0.25, 0.3) is 0 Å². The number of benzene rings is 1. The van der Waals surface area contributed by atoms with E-state index < -0.39 is 0 Å². The molecule has 4 aliphatic carbocycles. The lowest BCUT2D eigenvalue weighted by atomic mass is 9.47. The van der Waals surface area contributed by atoms with E-state index in [4.69, 9.17) is 4.74 Å². The third kappa shape index (κ3) is 3.44. The van der Waals surface area contributed by atoms with Crippen LogP contribution in [0.5, 0.6) is 5.75 Å². The van der Waals surface area contributed by atoms with E-state index in [1.165, 1.54) is 16.7 Å². The minimum absolute atomic E-state index is 0.0982. The molecule has 0 radical (unpaired) electrons. The number of methoxy groups -OCH3 is 1. The van der Waals surface area contributed by atoms with Crippen LogP contribution in [0.1, 0.15) is 83.1 Å². The van der Waals surface area contributed by atoms with Crippen LogP contribution in [-0.4, -0.2) is 30.4 Å². The zero-order chi connectivity index (χ0) is 24.1. The first-order valence-corrected chi connectivity index (χ1v) is 13.1. The maximum absolute atomic E-state index is 13.3. The second-order valence-corrected chi connectivity index (χ2v) is 11.3. The molecule has 182 valence electrons. The third-order valence-corrected chi connectivity index (χ3v) is 10.1. The van der Waals surface area contributed by atoms with Gasteiger partial charge in [-0.2, -0.15) is 0 Å². The number of rotatable bonds is 6. The highest BCUT2D eigenvalue weighted by molar-refractivity contribution is 5.93. The molecule has 2 unspecified atom stereocenters. The average molecular weight is 463 g/mol. The van der Waals surface area contributed by atoms with Gasteiger partial charge in [0.05, 0.1) is 7.11 Å². The number of aliphatic hydroxyl groups excluding tert-OH is 1. The van der Waals surface area contributed by atoms with Crippen LogP contribution in [-0.2, 0) is 9.59 Å². The largest absolute Gasteiger partial charge is 0.497 e. The molecule has 0 aromatic heterocycles. The number of hydrogen-bond acceptors (Lipinski definition) is 4. The van der Waals surface area contributed by atoms with Gasteiger partial charge in [-0.15, -0.1) is 0 Å². The van der Waals surface area contributed by atoms with Crippen molar-refractivity contribution in [3.63, 3.8) is 0 Å². The Labute approximate surface area is 203 Å². The highest BCUT2D eigenvalue weighted by Gasteiger charge is 2.64. The molecule has 1 aromatic rings. The van der Waals surface area contributed by atoms with E-state index in [2.05, 4.69) is 19.1 Å². The summed E-state index contributed by atoms with van der Waals surface area (Å²) < 4.78 is 5.43. The summed E-state index contributed by atoms with van der Waals surface area (Å²) >= 11 is 0. The van der Waals surface area contributed by atoms with E-state index in [9.17, 15) is 14.7 Å². The minimum Gasteiger partial charge on any atom is -0.497 e.